The van der Waals surface area contributed by atoms with Gasteiger partial charge in [-0.2, -0.15) is 0 Å². The van der Waals surface area contributed by atoms with Gasteiger partial charge in [0, 0.05) is 11.8 Å². The van der Waals surface area contributed by atoms with Crippen LogP contribution < -0.4 is 0 Å². The molecule has 1 saturated heterocycles. The summed E-state index contributed by atoms with van der Waals surface area (Å²) in [5.41, 5.74) is 0. The van der Waals surface area contributed by atoms with Crippen LogP contribution in [0.3, 0.4) is 0 Å². The molecule has 1 rings (SSSR count). The Labute approximate surface area is 123 Å². The average Bonchev–Trinajstić information content (AvgIpc) is 2.59. The van der Waals surface area contributed by atoms with Crippen LogP contribution in [0.4, 0.5) is 4.79 Å². The third kappa shape index (κ3) is 3.45. The van der Waals surface area contributed by atoms with Gasteiger partial charge in [0.1, 0.15) is 0 Å². The van der Waals surface area contributed by atoms with Crippen LogP contribution in [-0.4, -0.2) is 61.5 Å². The Morgan fingerprint density at radius 1 is 1.40 bits per heavy atom. The third-order valence-electron chi connectivity index (χ3n) is 3.78. The monoisotopic (exact) mass is 305 g/mol. The summed E-state index contributed by atoms with van der Waals surface area (Å²) in [7, 11) is 0. The van der Waals surface area contributed by atoms with Gasteiger partial charge in [-0.1, -0.05) is 20.8 Å². The molecule has 1 aliphatic heterocycles. The van der Waals surface area contributed by atoms with Gasteiger partial charge in [-0.05, 0) is 24.6 Å². The van der Waals surface area contributed by atoms with Gasteiger partial charge in [0.2, 0.25) is 5.91 Å². The quantitative estimate of drug-likeness (QED) is 0.701. The first-order valence-corrected chi connectivity index (χ1v) is 7.71. The van der Waals surface area contributed by atoms with E-state index in [0.717, 1.165) is 0 Å². The third-order valence-corrected chi connectivity index (χ3v) is 4.68. The van der Waals surface area contributed by atoms with Crippen molar-refractivity contribution in [2.75, 3.05) is 5.75 Å². The highest BCUT2D eigenvalue weighted by molar-refractivity contribution is 8.13. The lowest BCUT2D eigenvalue weighted by Crippen LogP contribution is -2.52. The Kier molecular flexibility index (Phi) is 5.85. The fourth-order valence-corrected chi connectivity index (χ4v) is 3.08. The van der Waals surface area contributed by atoms with Gasteiger partial charge < -0.3 is 20.2 Å². The lowest BCUT2D eigenvalue weighted by molar-refractivity contribution is -0.135. The van der Waals surface area contributed by atoms with Gasteiger partial charge in [-0.25, -0.2) is 4.79 Å². The standard InChI is InChI=1S/C13H23NO5S/c1-6(2)10(15)9-11(16)8(4)12(17)14(9)7(3)5-20-13(18)19/h6-11,15-16H,5H2,1-4H3,(H,18,19). The molecule has 0 aromatic rings. The molecule has 116 valence electrons. The van der Waals surface area contributed by atoms with Crippen molar-refractivity contribution in [3.8, 4) is 0 Å². The average molecular weight is 305 g/mol. The van der Waals surface area contributed by atoms with Gasteiger partial charge >= 0.3 is 5.30 Å². The van der Waals surface area contributed by atoms with Gasteiger partial charge in [-0.3, -0.25) is 4.79 Å². The molecule has 20 heavy (non-hydrogen) atoms. The van der Waals surface area contributed by atoms with Crippen molar-refractivity contribution in [1.82, 2.24) is 4.90 Å². The summed E-state index contributed by atoms with van der Waals surface area (Å²) in [6.45, 7) is 7.00. The second kappa shape index (κ2) is 6.78. The molecule has 7 heteroatoms. The fourth-order valence-electron chi connectivity index (χ4n) is 2.53. The van der Waals surface area contributed by atoms with E-state index in [9.17, 15) is 19.8 Å². The topological polar surface area (TPSA) is 98.1 Å². The van der Waals surface area contributed by atoms with Crippen LogP contribution in [0.1, 0.15) is 27.7 Å². The molecule has 5 unspecified atom stereocenters. The molecule has 0 spiro atoms. The predicted octanol–water partition coefficient (Wildman–Crippen LogP) is 1.01. The molecule has 0 aromatic heterocycles. The molecule has 0 saturated carbocycles. The number of carbonyl (C=O) groups excluding carboxylic acids is 1. The molecule has 3 N–H and O–H groups in total. The number of nitrogens with zero attached hydrogens (tertiary/aromatic N) is 1. The van der Waals surface area contributed by atoms with Crippen LogP contribution in [0.15, 0.2) is 0 Å². The van der Waals surface area contributed by atoms with Crippen LogP contribution in [0.2, 0.25) is 0 Å². The summed E-state index contributed by atoms with van der Waals surface area (Å²) in [6.07, 6.45) is -1.77. The van der Waals surface area contributed by atoms with Crippen LogP contribution in [0.5, 0.6) is 0 Å². The van der Waals surface area contributed by atoms with Crippen molar-refractivity contribution < 1.29 is 24.9 Å². The number of aliphatic hydroxyl groups is 2. The maximum absolute atomic E-state index is 12.2. The lowest BCUT2D eigenvalue weighted by atomic mass is 9.93. The first-order chi connectivity index (χ1) is 9.18. The number of amides is 1. The maximum Gasteiger partial charge on any atom is 0.364 e. The van der Waals surface area contributed by atoms with Crippen LogP contribution >= 0.6 is 11.8 Å². The Bertz CT molecular complexity index is 376. The smallest absolute Gasteiger partial charge is 0.364 e. The molecule has 1 fully saturated rings. The highest BCUT2D eigenvalue weighted by Crippen LogP contribution is 2.32. The van der Waals surface area contributed by atoms with E-state index in [4.69, 9.17) is 5.11 Å². The zero-order valence-corrected chi connectivity index (χ0v) is 13.0. The highest BCUT2D eigenvalue weighted by atomic mass is 32.2. The highest BCUT2D eigenvalue weighted by Gasteiger charge is 2.50. The molecule has 0 aromatic carbocycles. The number of carbonyl (C=O) groups is 2. The molecular weight excluding hydrogens is 282 g/mol. The van der Waals surface area contributed by atoms with E-state index in [1.54, 1.807) is 13.8 Å². The zero-order chi connectivity index (χ0) is 15.6. The van der Waals surface area contributed by atoms with Crippen LogP contribution in [0.25, 0.3) is 0 Å². The molecule has 6 nitrogen and oxygen atoms in total. The first kappa shape index (κ1) is 17.3. The fraction of sp³-hybridized carbons (Fsp3) is 0.846. The molecule has 5 atom stereocenters. The number of thioether (sulfide) groups is 1. The molecule has 1 amide bonds. The zero-order valence-electron chi connectivity index (χ0n) is 12.2. The van der Waals surface area contributed by atoms with Crippen LogP contribution in [-0.2, 0) is 4.79 Å². The molecule has 0 bridgehead atoms. The van der Waals surface area contributed by atoms with Crippen molar-refractivity contribution in [1.29, 1.82) is 0 Å². The number of hydrogen-bond acceptors (Lipinski definition) is 5. The van der Waals surface area contributed by atoms with Gasteiger partial charge in [0.15, 0.2) is 0 Å². The van der Waals surface area contributed by atoms with E-state index in [1.165, 1.54) is 4.90 Å². The lowest BCUT2D eigenvalue weighted by Gasteiger charge is -2.36. The molecule has 0 radical (unpaired) electrons. The van der Waals surface area contributed by atoms with Crippen molar-refractivity contribution >= 4 is 23.0 Å². The number of hydrogen-bond donors (Lipinski definition) is 3. The summed E-state index contributed by atoms with van der Waals surface area (Å²) in [6, 6.07) is -1.04. The minimum atomic E-state index is -1.00. The largest absolute Gasteiger partial charge is 0.473 e. The number of rotatable bonds is 5. The Morgan fingerprint density at radius 2 is 1.95 bits per heavy atom. The summed E-state index contributed by atoms with van der Waals surface area (Å²) >= 11 is 0.712. The summed E-state index contributed by atoms with van der Waals surface area (Å²) in [5, 5.41) is 28.1. The Morgan fingerprint density at radius 3 is 2.40 bits per heavy atom. The SMILES string of the molecule is CC(C)C(O)C1C(O)C(C)C(=O)N1C(C)CSC(=O)O. The summed E-state index contributed by atoms with van der Waals surface area (Å²) in [4.78, 5) is 24.3. The van der Waals surface area contributed by atoms with Crippen LogP contribution in [0, 0.1) is 11.8 Å². The van der Waals surface area contributed by atoms with E-state index in [2.05, 4.69) is 0 Å². The number of aliphatic hydroxyl groups excluding tert-OH is 2. The van der Waals surface area contributed by atoms with E-state index in [1.807, 2.05) is 13.8 Å². The predicted molar refractivity (Wildman–Crippen MR) is 76.6 cm³/mol. The van der Waals surface area contributed by atoms with E-state index >= 15 is 0 Å². The molecule has 1 aliphatic rings. The Hall–Kier alpha value is -0.790. The maximum atomic E-state index is 12.2. The van der Waals surface area contributed by atoms with E-state index in [-0.39, 0.29) is 23.6 Å². The van der Waals surface area contributed by atoms with Gasteiger partial charge in [-0.15, -0.1) is 0 Å². The van der Waals surface area contributed by atoms with Gasteiger partial charge in [0.25, 0.3) is 0 Å². The van der Waals surface area contributed by atoms with E-state index < -0.39 is 29.5 Å². The molecule has 0 aliphatic carbocycles. The first-order valence-electron chi connectivity index (χ1n) is 6.72. The minimum absolute atomic E-state index is 0.102. The number of likely N-dealkylation sites (tertiary alicyclic amines) is 1. The van der Waals surface area contributed by atoms with E-state index in [0.29, 0.717) is 11.8 Å². The van der Waals surface area contributed by atoms with Crippen molar-refractivity contribution in [3.05, 3.63) is 0 Å². The summed E-state index contributed by atoms with van der Waals surface area (Å²) < 4.78 is 0. The second-order valence-corrected chi connectivity index (χ2v) is 6.65. The molecule has 1 heterocycles. The Balaban J connectivity index is 2.93. The minimum Gasteiger partial charge on any atom is -0.473 e. The molecular formula is C13H23NO5S. The summed E-state index contributed by atoms with van der Waals surface area (Å²) in [5.74, 6) is -0.692. The van der Waals surface area contributed by atoms with Crippen molar-refractivity contribution in [2.24, 2.45) is 11.8 Å². The number of carboxylic acid groups (broad SMARTS) is 1. The van der Waals surface area contributed by atoms with Gasteiger partial charge in [0.05, 0.1) is 24.2 Å². The second-order valence-electron chi connectivity index (χ2n) is 5.68. The van der Waals surface area contributed by atoms with Crippen molar-refractivity contribution in [3.63, 3.8) is 0 Å². The normalized spacial score (nSPS) is 29.9. The van der Waals surface area contributed by atoms with Crippen molar-refractivity contribution in [2.45, 2.75) is 52.0 Å².